The van der Waals surface area contributed by atoms with Gasteiger partial charge in [0.25, 0.3) is 0 Å². The van der Waals surface area contributed by atoms with Crippen LogP contribution in [0.2, 0.25) is 0 Å². The van der Waals surface area contributed by atoms with Crippen molar-refractivity contribution in [1.29, 1.82) is 0 Å². The van der Waals surface area contributed by atoms with Crippen molar-refractivity contribution in [3.05, 3.63) is 61.7 Å². The molecule has 0 saturated carbocycles. The van der Waals surface area contributed by atoms with E-state index in [-0.39, 0.29) is 12.3 Å². The van der Waals surface area contributed by atoms with E-state index >= 15 is 0 Å². The first-order chi connectivity index (χ1) is 11.5. The summed E-state index contributed by atoms with van der Waals surface area (Å²) >= 11 is 2.17. The summed E-state index contributed by atoms with van der Waals surface area (Å²) in [5.74, 6) is 1.08. The van der Waals surface area contributed by atoms with E-state index in [1.165, 1.54) is 7.05 Å². The molecular weight excluding hydrogens is 409 g/mol. The number of rotatable bonds is 4. The largest absolute Gasteiger partial charge is 0.488 e. The van der Waals surface area contributed by atoms with Gasteiger partial charge in [-0.05, 0) is 57.6 Å². The lowest BCUT2D eigenvalue weighted by Crippen LogP contribution is -2.24. The van der Waals surface area contributed by atoms with E-state index in [1.807, 2.05) is 13.0 Å². The number of nitrogens with zero attached hydrogens (tertiary/aromatic N) is 5. The smallest absolute Gasteiger partial charge is 0.369 e. The molecule has 3 aromatic rings. The van der Waals surface area contributed by atoms with Crippen LogP contribution in [0, 0.1) is 10.5 Å². The topological polar surface area (TPSA) is 74.8 Å². The molecule has 0 N–H and O–H groups in total. The Labute approximate surface area is 147 Å². The Balaban J connectivity index is 1.96. The highest BCUT2D eigenvalue weighted by Gasteiger charge is 2.16. The van der Waals surface area contributed by atoms with Gasteiger partial charge in [0.05, 0.1) is 1.37 Å². The highest BCUT2D eigenvalue weighted by molar-refractivity contribution is 14.1. The van der Waals surface area contributed by atoms with Crippen LogP contribution in [-0.4, -0.2) is 24.8 Å². The Morgan fingerprint density at radius 2 is 2.17 bits per heavy atom. The van der Waals surface area contributed by atoms with Crippen LogP contribution in [0.15, 0.2) is 41.3 Å². The number of aryl methyl sites for hydroxylation is 2. The molecule has 7 nitrogen and oxygen atoms in total. The molecule has 0 radical (unpaired) electrons. The van der Waals surface area contributed by atoms with Gasteiger partial charge in [0.2, 0.25) is 0 Å². The van der Waals surface area contributed by atoms with E-state index in [2.05, 4.69) is 38.0 Å². The lowest BCUT2D eigenvalue weighted by Gasteiger charge is -2.12. The minimum Gasteiger partial charge on any atom is -0.488 e. The third kappa shape index (κ3) is 3.11. The van der Waals surface area contributed by atoms with Crippen molar-refractivity contribution < 1.29 is 6.11 Å². The Morgan fingerprint density at radius 3 is 2.87 bits per heavy atom. The van der Waals surface area contributed by atoms with Gasteiger partial charge in [-0.15, -0.1) is 4.68 Å². The number of hydrogen-bond acceptors (Lipinski definition) is 5. The third-order valence-electron chi connectivity index (χ3n) is 3.29. The summed E-state index contributed by atoms with van der Waals surface area (Å²) in [6, 6.07) is 7.43. The standard InChI is InChI=1S/C15H14IN5O2/c1-10-5-3-4-6-13(10)23-9-11-12(16)7-8-17-14(11)21-15(22)20(2)18-19-21/h3-8H,9H2,1-2H3/i3T. The van der Waals surface area contributed by atoms with E-state index < -0.39 is 0 Å². The van der Waals surface area contributed by atoms with E-state index in [4.69, 9.17) is 6.11 Å². The molecule has 0 aliphatic heterocycles. The van der Waals surface area contributed by atoms with Crippen molar-refractivity contribution in [2.45, 2.75) is 13.5 Å². The van der Waals surface area contributed by atoms with Crippen LogP contribution in [-0.2, 0) is 13.7 Å². The molecule has 2 heterocycles. The van der Waals surface area contributed by atoms with Gasteiger partial charge >= 0.3 is 5.69 Å². The molecule has 3 rings (SSSR count). The zero-order valence-electron chi connectivity index (χ0n) is 13.5. The molecule has 2 aromatic heterocycles. The highest BCUT2D eigenvalue weighted by Crippen LogP contribution is 2.22. The van der Waals surface area contributed by atoms with Gasteiger partial charge in [0.15, 0.2) is 5.82 Å². The predicted molar refractivity (Wildman–Crippen MR) is 92.6 cm³/mol. The van der Waals surface area contributed by atoms with Crippen molar-refractivity contribution >= 4 is 22.6 Å². The maximum Gasteiger partial charge on any atom is 0.369 e. The summed E-state index contributed by atoms with van der Waals surface area (Å²) in [5.41, 5.74) is 1.25. The van der Waals surface area contributed by atoms with Crippen LogP contribution in [0.4, 0.5) is 0 Å². The Hall–Kier alpha value is -2.23. The second kappa shape index (κ2) is 6.49. The van der Waals surface area contributed by atoms with Gasteiger partial charge in [-0.3, -0.25) is 0 Å². The van der Waals surface area contributed by atoms with E-state index in [9.17, 15) is 4.79 Å². The summed E-state index contributed by atoms with van der Waals surface area (Å²) in [4.78, 5) is 16.4. The number of hydrogen-bond donors (Lipinski definition) is 0. The van der Waals surface area contributed by atoms with Crippen molar-refractivity contribution in [3.63, 3.8) is 0 Å². The zero-order valence-corrected chi connectivity index (χ0v) is 14.7. The van der Waals surface area contributed by atoms with Crippen LogP contribution in [0.1, 0.15) is 12.5 Å². The molecule has 0 atom stereocenters. The number of pyridine rings is 1. The zero-order chi connectivity index (χ0) is 17.3. The molecule has 8 heteroatoms. The maximum atomic E-state index is 12.1. The monoisotopic (exact) mass is 425 g/mol. The number of benzene rings is 1. The van der Waals surface area contributed by atoms with Crippen LogP contribution in [0.5, 0.6) is 5.75 Å². The molecule has 1 aromatic carbocycles. The van der Waals surface area contributed by atoms with Gasteiger partial charge < -0.3 is 4.74 Å². The van der Waals surface area contributed by atoms with Gasteiger partial charge in [0, 0.05) is 22.4 Å². The first-order valence-electron chi connectivity index (χ1n) is 7.30. The Morgan fingerprint density at radius 1 is 1.35 bits per heavy atom. The fourth-order valence-electron chi connectivity index (χ4n) is 2.03. The molecular formula is C15H14IN5O2. The lowest BCUT2D eigenvalue weighted by atomic mass is 10.2. The second-order valence-corrected chi connectivity index (χ2v) is 6.03. The van der Waals surface area contributed by atoms with Crippen LogP contribution < -0.4 is 10.4 Å². The number of aromatic nitrogens is 5. The molecule has 23 heavy (non-hydrogen) atoms. The first-order valence-corrected chi connectivity index (χ1v) is 7.88. The molecule has 0 amide bonds. The molecule has 0 spiro atoms. The van der Waals surface area contributed by atoms with Gasteiger partial charge in [-0.1, -0.05) is 18.2 Å². The number of tetrazole rings is 1. The van der Waals surface area contributed by atoms with Crippen molar-refractivity contribution in [3.8, 4) is 11.6 Å². The van der Waals surface area contributed by atoms with Crippen molar-refractivity contribution in [2.75, 3.05) is 0 Å². The summed E-state index contributed by atoms with van der Waals surface area (Å²) in [7, 11) is 1.53. The average molecular weight is 425 g/mol. The minimum atomic E-state index is -0.375. The second-order valence-electron chi connectivity index (χ2n) is 4.87. The van der Waals surface area contributed by atoms with E-state index in [0.29, 0.717) is 17.6 Å². The average Bonchev–Trinajstić information content (AvgIpc) is 2.87. The SMILES string of the molecule is [3H]c1ccc(OCc2c(I)ccnc2-n2nnn(C)c2=O)c(C)c1. The fourth-order valence-corrected chi connectivity index (χ4v) is 2.59. The minimum absolute atomic E-state index is 0.225. The first kappa shape index (κ1) is 14.4. The van der Waals surface area contributed by atoms with Crippen LogP contribution in [0.25, 0.3) is 5.82 Å². The Bertz CT molecular complexity index is 953. The lowest BCUT2D eigenvalue weighted by molar-refractivity contribution is 0.302. The summed E-state index contributed by atoms with van der Waals surface area (Å²) < 4.78 is 16.7. The molecule has 0 aliphatic carbocycles. The van der Waals surface area contributed by atoms with Crippen molar-refractivity contribution in [1.82, 2.24) is 24.8 Å². The number of halogens is 1. The quantitative estimate of drug-likeness (QED) is 0.597. The Kier molecular flexibility index (Phi) is 4.05. The summed E-state index contributed by atoms with van der Waals surface area (Å²) in [6.45, 7) is 2.11. The number of para-hydroxylation sites is 1. The molecule has 118 valence electrons. The highest BCUT2D eigenvalue weighted by atomic mass is 127. The van der Waals surface area contributed by atoms with Gasteiger partial charge in [0.1, 0.15) is 12.4 Å². The summed E-state index contributed by atoms with van der Waals surface area (Å²) in [5, 5.41) is 7.56. The van der Waals surface area contributed by atoms with Gasteiger partial charge in [-0.25, -0.2) is 9.78 Å². The fraction of sp³-hybridized carbons (Fsp3) is 0.200. The van der Waals surface area contributed by atoms with E-state index in [0.717, 1.165) is 24.1 Å². The summed E-state index contributed by atoms with van der Waals surface area (Å²) in [6.07, 6.45) is 1.61. The molecule has 0 aliphatic rings. The number of ether oxygens (including phenoxy) is 1. The van der Waals surface area contributed by atoms with Crippen LogP contribution >= 0.6 is 22.6 Å². The van der Waals surface area contributed by atoms with Crippen molar-refractivity contribution in [2.24, 2.45) is 7.05 Å². The molecule has 0 saturated heterocycles. The molecule has 0 fully saturated rings. The maximum absolute atomic E-state index is 12.1. The molecule has 0 bridgehead atoms. The normalized spacial score (nSPS) is 11.3. The third-order valence-corrected chi connectivity index (χ3v) is 4.30. The van der Waals surface area contributed by atoms with Gasteiger partial charge in [-0.2, -0.15) is 4.68 Å². The van der Waals surface area contributed by atoms with E-state index in [1.54, 1.807) is 24.4 Å². The van der Waals surface area contributed by atoms with Crippen LogP contribution in [0.3, 0.4) is 0 Å². The molecule has 0 unspecified atom stereocenters. The predicted octanol–water partition coefficient (Wildman–Crippen LogP) is 1.85.